The van der Waals surface area contributed by atoms with Gasteiger partial charge in [0.05, 0.1) is 17.3 Å². The molecule has 0 saturated carbocycles. The largest absolute Gasteiger partial charge is 0.443 e. The number of anilines is 1. The number of nitriles is 1. The van der Waals surface area contributed by atoms with Crippen LogP contribution in [0.1, 0.15) is 31.9 Å². The smallest absolute Gasteiger partial charge is 0.422 e. The summed E-state index contributed by atoms with van der Waals surface area (Å²) in [6.07, 6.45) is -12.5. The minimum Gasteiger partial charge on any atom is -0.443 e. The Hall–Kier alpha value is -4.81. The number of halogens is 7. The average molecular weight is 588 g/mol. The highest BCUT2D eigenvalue weighted by molar-refractivity contribution is 5.90. The monoisotopic (exact) mass is 588 g/mol. The van der Waals surface area contributed by atoms with E-state index >= 15 is 0 Å². The Labute approximate surface area is 226 Å². The maximum atomic E-state index is 14.1. The van der Waals surface area contributed by atoms with Crippen molar-refractivity contribution in [1.29, 1.82) is 5.26 Å². The van der Waals surface area contributed by atoms with Gasteiger partial charge in [-0.2, -0.15) is 31.6 Å². The van der Waals surface area contributed by atoms with Gasteiger partial charge in [-0.3, -0.25) is 9.47 Å². The molecule has 41 heavy (non-hydrogen) atoms. The second-order valence-corrected chi connectivity index (χ2v) is 9.26. The van der Waals surface area contributed by atoms with Gasteiger partial charge >= 0.3 is 30.2 Å². The van der Waals surface area contributed by atoms with Crippen LogP contribution in [-0.4, -0.2) is 33.5 Å². The van der Waals surface area contributed by atoms with E-state index in [0.717, 1.165) is 30.5 Å². The summed E-state index contributed by atoms with van der Waals surface area (Å²) in [7, 11) is 0. The van der Waals surface area contributed by atoms with Gasteiger partial charge < -0.3 is 9.47 Å². The number of imidazole rings is 1. The molecule has 0 aliphatic heterocycles. The third-order valence-corrected chi connectivity index (χ3v) is 5.11. The zero-order chi connectivity index (χ0) is 30.9. The number of ether oxygens (including phenoxy) is 2. The summed E-state index contributed by atoms with van der Waals surface area (Å²) in [6, 6.07) is 5.09. The molecule has 3 rings (SSSR count). The van der Waals surface area contributed by atoms with Crippen LogP contribution in [0.4, 0.5) is 46.0 Å². The zero-order valence-corrected chi connectivity index (χ0v) is 21.3. The topological polar surface area (TPSA) is 107 Å². The molecule has 0 unspecified atom stereocenters. The van der Waals surface area contributed by atoms with Gasteiger partial charge in [-0.1, -0.05) is 0 Å². The number of hydrogen-bond donors (Lipinski definition) is 0. The summed E-state index contributed by atoms with van der Waals surface area (Å²) in [5.41, 5.74) is -7.93. The molecule has 0 radical (unpaired) electrons. The Bertz CT molecular complexity index is 1560. The highest BCUT2D eigenvalue weighted by Crippen LogP contribution is 2.44. The molecule has 0 fully saturated rings. The molecule has 16 heteroatoms. The predicted octanol–water partition coefficient (Wildman–Crippen LogP) is 6.13. The van der Waals surface area contributed by atoms with E-state index in [1.807, 2.05) is 0 Å². The minimum atomic E-state index is -5.56. The van der Waals surface area contributed by atoms with E-state index in [0.29, 0.717) is 11.1 Å². The van der Waals surface area contributed by atoms with Gasteiger partial charge in [-0.05, 0) is 57.2 Å². The van der Waals surface area contributed by atoms with E-state index in [1.54, 1.807) is 6.07 Å². The van der Waals surface area contributed by atoms with Crippen LogP contribution >= 0.6 is 0 Å². The summed E-state index contributed by atoms with van der Waals surface area (Å²) in [5.74, 6) is -2.29. The molecule has 0 N–H and O–H groups in total. The van der Waals surface area contributed by atoms with Crippen LogP contribution in [0.5, 0.6) is 5.75 Å². The zero-order valence-electron chi connectivity index (χ0n) is 21.3. The number of carbonyl (C=O) groups is 2. The van der Waals surface area contributed by atoms with E-state index in [4.69, 9.17) is 14.7 Å². The Kier molecular flexibility index (Phi) is 8.23. The number of rotatable bonds is 4. The van der Waals surface area contributed by atoms with Crippen molar-refractivity contribution in [3.63, 3.8) is 0 Å². The first-order valence-electron chi connectivity index (χ1n) is 11.3. The number of benzene rings is 2. The van der Waals surface area contributed by atoms with Gasteiger partial charge in [-0.15, -0.1) is 0 Å². The van der Waals surface area contributed by atoms with Crippen molar-refractivity contribution in [2.45, 2.75) is 38.7 Å². The second kappa shape index (κ2) is 11.0. The fraction of sp³-hybridized carbons (Fsp3) is 0.280. The van der Waals surface area contributed by atoms with E-state index in [9.17, 15) is 45.1 Å². The van der Waals surface area contributed by atoms with Gasteiger partial charge in [0.25, 0.3) is 0 Å². The molecular weight excluding hydrogens is 569 g/mol. The van der Waals surface area contributed by atoms with Crippen LogP contribution in [0.3, 0.4) is 0 Å². The molecule has 0 spiro atoms. The number of amides is 1. The summed E-state index contributed by atoms with van der Waals surface area (Å²) in [5, 5.41) is 9.11. The fourth-order valence-corrected chi connectivity index (χ4v) is 3.38. The van der Waals surface area contributed by atoms with Crippen molar-refractivity contribution in [1.82, 2.24) is 9.13 Å². The van der Waals surface area contributed by atoms with Crippen LogP contribution in [0, 0.1) is 17.1 Å². The van der Waals surface area contributed by atoms with Crippen LogP contribution in [0.2, 0.25) is 0 Å². The molecule has 0 atom stereocenters. The Morgan fingerprint density at radius 2 is 1.59 bits per heavy atom. The molecule has 0 aliphatic carbocycles. The number of aromatic nitrogens is 2. The van der Waals surface area contributed by atoms with E-state index in [1.165, 1.54) is 20.8 Å². The first kappa shape index (κ1) is 30.7. The van der Waals surface area contributed by atoms with E-state index < -0.39 is 70.8 Å². The summed E-state index contributed by atoms with van der Waals surface area (Å²) < 4.78 is 107. The van der Waals surface area contributed by atoms with Crippen molar-refractivity contribution >= 4 is 17.9 Å². The van der Waals surface area contributed by atoms with Crippen molar-refractivity contribution in [3.05, 3.63) is 76.2 Å². The normalized spacial score (nSPS) is 12.0. The van der Waals surface area contributed by atoms with Crippen molar-refractivity contribution < 1.29 is 49.8 Å². The molecular formula is C25H19F7N4O5. The van der Waals surface area contributed by atoms with Crippen molar-refractivity contribution in [2.75, 3.05) is 11.4 Å². The van der Waals surface area contributed by atoms with E-state index in [2.05, 4.69) is 0 Å². The molecule has 1 heterocycles. The molecule has 3 aromatic rings. The molecule has 2 aromatic carbocycles. The van der Waals surface area contributed by atoms with Crippen LogP contribution in [0.25, 0.3) is 5.69 Å². The first-order valence-corrected chi connectivity index (χ1v) is 11.3. The lowest BCUT2D eigenvalue weighted by Crippen LogP contribution is -2.36. The number of carbonyl (C=O) groups excluding carboxylic acids is 2. The second-order valence-electron chi connectivity index (χ2n) is 9.26. The van der Waals surface area contributed by atoms with Gasteiger partial charge in [0.1, 0.15) is 23.5 Å². The summed E-state index contributed by atoms with van der Waals surface area (Å²) in [6.45, 7) is 3.51. The standard InChI is InChI=1S/C25H19F7N4O5/c1-23(2,3)41-22(39)36-11-10-35(20(36)37)18-13-14(24(27,28)29)12-17(25(30,31)32)19(18)40-21(38)34(9-8-33)16-6-4-15(26)5-7-16/h4-7,10-13H,9H2,1-3H3. The maximum Gasteiger partial charge on any atom is 0.422 e. The molecule has 0 aliphatic rings. The third-order valence-electron chi connectivity index (χ3n) is 5.11. The van der Waals surface area contributed by atoms with Crippen LogP contribution in [-0.2, 0) is 17.1 Å². The van der Waals surface area contributed by atoms with Gasteiger partial charge in [-0.25, -0.2) is 23.3 Å². The fourth-order valence-electron chi connectivity index (χ4n) is 3.38. The quantitative estimate of drug-likeness (QED) is 0.268. The summed E-state index contributed by atoms with van der Waals surface area (Å²) >= 11 is 0. The third kappa shape index (κ3) is 7.04. The molecule has 1 amide bonds. The Balaban J connectivity index is 2.26. The SMILES string of the molecule is CC(C)(C)OC(=O)n1ccn(-c2cc(C(F)(F)F)cc(C(F)(F)F)c2OC(=O)N(CC#N)c2ccc(F)cc2)c1=O. The predicted molar refractivity (Wildman–Crippen MR) is 127 cm³/mol. The Morgan fingerprint density at radius 3 is 2.10 bits per heavy atom. The number of hydrogen-bond acceptors (Lipinski definition) is 6. The lowest BCUT2D eigenvalue weighted by molar-refractivity contribution is -0.143. The van der Waals surface area contributed by atoms with Crippen LogP contribution < -0.4 is 15.3 Å². The molecule has 218 valence electrons. The minimum absolute atomic E-state index is 0.116. The van der Waals surface area contributed by atoms with Crippen molar-refractivity contribution in [2.24, 2.45) is 0 Å². The molecule has 0 bridgehead atoms. The van der Waals surface area contributed by atoms with E-state index in [-0.39, 0.29) is 27.0 Å². The van der Waals surface area contributed by atoms with Crippen molar-refractivity contribution in [3.8, 4) is 17.5 Å². The van der Waals surface area contributed by atoms with Crippen LogP contribution in [0.15, 0.2) is 53.6 Å². The van der Waals surface area contributed by atoms with Gasteiger partial charge in [0.15, 0.2) is 5.75 Å². The Morgan fingerprint density at radius 1 is 0.976 bits per heavy atom. The lowest BCUT2D eigenvalue weighted by atomic mass is 10.1. The lowest BCUT2D eigenvalue weighted by Gasteiger charge is -2.23. The molecule has 0 saturated heterocycles. The maximum absolute atomic E-state index is 14.1. The average Bonchev–Trinajstić information content (AvgIpc) is 3.22. The van der Waals surface area contributed by atoms with Gasteiger partial charge in [0.2, 0.25) is 0 Å². The summed E-state index contributed by atoms with van der Waals surface area (Å²) in [4.78, 5) is 38.9. The van der Waals surface area contributed by atoms with Gasteiger partial charge in [0, 0.05) is 18.1 Å². The highest BCUT2D eigenvalue weighted by atomic mass is 19.4. The first-order chi connectivity index (χ1) is 18.8. The molecule has 9 nitrogen and oxygen atoms in total. The number of alkyl halides is 6. The molecule has 1 aromatic heterocycles. The highest BCUT2D eigenvalue weighted by Gasteiger charge is 2.42. The number of nitrogens with zero attached hydrogens (tertiary/aromatic N) is 4.